The number of hydrogen-bond donors (Lipinski definition) is 0. The van der Waals surface area contributed by atoms with Crippen LogP contribution in [-0.2, 0) is 71.0 Å². The number of rotatable bonds is 0. The summed E-state index contributed by atoms with van der Waals surface area (Å²) in [5.41, 5.74) is 0. The third-order valence-electron chi connectivity index (χ3n) is 0. The second-order valence-electron chi connectivity index (χ2n) is 0. The van der Waals surface area contributed by atoms with Crippen LogP contribution in [0.15, 0.2) is 0 Å². The van der Waals surface area contributed by atoms with Crippen molar-refractivity contribution in [3.8, 4) is 0 Å². The van der Waals surface area contributed by atoms with Crippen molar-refractivity contribution < 1.29 is 71.0 Å². The Labute approximate surface area is 82.2 Å². The molecule has 0 unspecified atom stereocenters. The zero-order valence-corrected chi connectivity index (χ0v) is 7.42. The Morgan fingerprint density at radius 1 is 0.600 bits per heavy atom. The van der Waals surface area contributed by atoms with Crippen LogP contribution >= 0.6 is 0 Å². The van der Waals surface area contributed by atoms with E-state index in [0.717, 1.165) is 0 Å². The van der Waals surface area contributed by atoms with Gasteiger partial charge >= 0.3 is 71.0 Å². The average Bonchev–Trinajstić information content (AvgIpc) is 0. The fourth-order valence-corrected chi connectivity index (χ4v) is 0. The summed E-state index contributed by atoms with van der Waals surface area (Å²) in [6, 6.07) is 0. The molecule has 0 saturated heterocycles. The van der Waals surface area contributed by atoms with Gasteiger partial charge in [0.25, 0.3) is 0 Å². The molecule has 0 saturated carbocycles. The first-order valence-corrected chi connectivity index (χ1v) is 0. The molecule has 0 fully saturated rings. The van der Waals surface area contributed by atoms with Crippen LogP contribution in [0.1, 0.15) is 0 Å². The molecule has 0 aliphatic rings. The van der Waals surface area contributed by atoms with E-state index in [1.807, 2.05) is 0 Å². The van der Waals surface area contributed by atoms with Crippen LogP contribution in [0.2, 0.25) is 0 Å². The van der Waals surface area contributed by atoms with E-state index in [9.17, 15) is 0 Å². The summed E-state index contributed by atoms with van der Waals surface area (Å²) < 4.78 is 0. The summed E-state index contributed by atoms with van der Waals surface area (Å²) in [6.45, 7) is 0. The second-order valence-corrected chi connectivity index (χ2v) is 0. The Balaban J connectivity index is 0. The maximum atomic E-state index is 0. The molecule has 0 bridgehead atoms. The van der Waals surface area contributed by atoms with Gasteiger partial charge in [0, 0.05) is 0 Å². The Bertz CT molecular complexity index is 7.61. The van der Waals surface area contributed by atoms with Gasteiger partial charge in [0.15, 0.2) is 0 Å². The van der Waals surface area contributed by atoms with E-state index < -0.39 is 0 Å². The summed E-state index contributed by atoms with van der Waals surface area (Å²) in [5, 5.41) is 0. The molecule has 0 N–H and O–H groups in total. The first-order valence-electron chi connectivity index (χ1n) is 0. The molecular weight excluding hydrogens is 335 g/mol. The predicted octanol–water partition coefficient (Wildman–Crippen LogP) is 0.570. The minimum atomic E-state index is 0. The summed E-state index contributed by atoms with van der Waals surface area (Å²) in [5.74, 6) is 0. The predicted molar refractivity (Wildman–Crippen MR) is 6.72 cm³/mol. The molecule has 36 valence electrons. The van der Waals surface area contributed by atoms with E-state index in [1.165, 1.54) is 0 Å². The summed E-state index contributed by atoms with van der Waals surface area (Å²) in [4.78, 5) is 0. The van der Waals surface area contributed by atoms with Crippen LogP contribution in [0.25, 0.3) is 12.3 Å². The first-order chi connectivity index (χ1) is 0. The van der Waals surface area contributed by atoms with E-state index in [0.29, 0.717) is 0 Å². The summed E-state index contributed by atoms with van der Waals surface area (Å²) in [6.07, 6.45) is 0. The van der Waals surface area contributed by atoms with E-state index >= 15 is 0 Å². The molecule has 0 amide bonds. The molecule has 0 atom stereocenters. The van der Waals surface area contributed by atoms with Crippen LogP contribution in [0.3, 0.4) is 0 Å². The van der Waals surface area contributed by atoms with Gasteiger partial charge in [-0.15, -0.1) is 0 Å². The molecular formula is Ag2N2Zr. The van der Waals surface area contributed by atoms with Gasteiger partial charge in [0.1, 0.15) is 0 Å². The van der Waals surface area contributed by atoms with E-state index in [4.69, 9.17) is 0 Å². The molecule has 2 nitrogen and oxygen atoms in total. The minimum absolute atomic E-state index is 0. The minimum Gasteiger partial charge on any atom is -3.00 e. The molecule has 0 heterocycles. The first kappa shape index (κ1) is 55.1. The Kier molecular flexibility index (Phi) is 371. The quantitative estimate of drug-likeness (QED) is 0.582. The van der Waals surface area contributed by atoms with Gasteiger partial charge in [0.2, 0.25) is 0 Å². The summed E-state index contributed by atoms with van der Waals surface area (Å²) >= 11 is 0. The molecule has 0 rings (SSSR count). The Morgan fingerprint density at radius 2 is 0.600 bits per heavy atom. The van der Waals surface area contributed by atoms with Crippen LogP contribution in [-0.4, -0.2) is 0 Å². The second kappa shape index (κ2) is 33.6. The molecule has 0 radical (unpaired) electrons. The molecule has 0 aliphatic carbocycles. The molecule has 5 heavy (non-hydrogen) atoms. The van der Waals surface area contributed by atoms with Crippen molar-refractivity contribution in [2.24, 2.45) is 0 Å². The van der Waals surface area contributed by atoms with Gasteiger partial charge < -0.3 is 12.3 Å². The Hall–Kier alpha value is 2.28. The standard InChI is InChI=1S/2Ag.2N.Zr/q2*+1;2*-3;+4. The number of nitrogens with zero attached hydrogens (tertiary/aromatic N) is 2. The molecule has 0 spiro atoms. The van der Waals surface area contributed by atoms with Crippen molar-refractivity contribution in [1.82, 2.24) is 0 Å². The normalized spacial score (nSPS) is 0. The fourth-order valence-electron chi connectivity index (χ4n) is 0. The maximum Gasteiger partial charge on any atom is 4.00 e. The molecule has 0 aliphatic heterocycles. The van der Waals surface area contributed by atoms with E-state index in [-0.39, 0.29) is 83.3 Å². The summed E-state index contributed by atoms with van der Waals surface area (Å²) in [7, 11) is 0. The maximum absolute atomic E-state index is 0. The van der Waals surface area contributed by atoms with Crippen LogP contribution < -0.4 is 0 Å². The van der Waals surface area contributed by atoms with E-state index in [2.05, 4.69) is 0 Å². The van der Waals surface area contributed by atoms with Gasteiger partial charge in [-0.1, -0.05) is 0 Å². The van der Waals surface area contributed by atoms with Crippen molar-refractivity contribution in [3.63, 3.8) is 0 Å². The van der Waals surface area contributed by atoms with Gasteiger partial charge in [-0.25, -0.2) is 0 Å². The largest absolute Gasteiger partial charge is 4.00 e. The topological polar surface area (TPSA) is 61.0 Å². The van der Waals surface area contributed by atoms with Crippen molar-refractivity contribution in [2.45, 2.75) is 0 Å². The molecule has 5 heteroatoms. The monoisotopic (exact) mass is 332 g/mol. The smallest absolute Gasteiger partial charge is 3.00 e. The SMILES string of the molecule is [Ag+].[Ag+].[N-3].[N-3].[Zr+4]. The van der Waals surface area contributed by atoms with Crippen LogP contribution in [0.5, 0.6) is 0 Å². The van der Waals surface area contributed by atoms with Gasteiger partial charge in [-0.3, -0.25) is 0 Å². The van der Waals surface area contributed by atoms with Gasteiger partial charge in [-0.05, 0) is 0 Å². The molecule has 0 aromatic heterocycles. The average molecular weight is 335 g/mol. The molecule has 0 aromatic rings. The van der Waals surface area contributed by atoms with Crippen molar-refractivity contribution in [2.75, 3.05) is 0 Å². The Morgan fingerprint density at radius 3 is 0.600 bits per heavy atom. The van der Waals surface area contributed by atoms with Crippen molar-refractivity contribution in [1.29, 1.82) is 0 Å². The van der Waals surface area contributed by atoms with Gasteiger partial charge in [-0.2, -0.15) is 0 Å². The number of hydrogen-bond acceptors (Lipinski definition) is 0. The fraction of sp³-hybridized carbons (Fsp3) is 0. The van der Waals surface area contributed by atoms with E-state index in [1.54, 1.807) is 0 Å². The molecule has 0 aromatic carbocycles. The van der Waals surface area contributed by atoms with Crippen LogP contribution in [0, 0.1) is 0 Å². The van der Waals surface area contributed by atoms with Crippen LogP contribution in [0.4, 0.5) is 0 Å². The third-order valence-corrected chi connectivity index (χ3v) is 0. The van der Waals surface area contributed by atoms with Crippen molar-refractivity contribution in [3.05, 3.63) is 12.3 Å². The zero-order chi connectivity index (χ0) is 0. The third kappa shape index (κ3) is 22.1. The zero-order valence-electron chi connectivity index (χ0n) is 2.00. The van der Waals surface area contributed by atoms with Crippen molar-refractivity contribution >= 4 is 0 Å². The van der Waals surface area contributed by atoms with Gasteiger partial charge in [0.05, 0.1) is 0 Å².